The molecule has 0 amide bonds. The Morgan fingerprint density at radius 2 is 1.45 bits per heavy atom. The van der Waals surface area contributed by atoms with Gasteiger partial charge < -0.3 is 10.4 Å². The van der Waals surface area contributed by atoms with Gasteiger partial charge in [0.2, 0.25) is 0 Å². The van der Waals surface area contributed by atoms with E-state index in [1.807, 2.05) is 31.2 Å². The van der Waals surface area contributed by atoms with Crippen LogP contribution in [-0.2, 0) is 0 Å². The van der Waals surface area contributed by atoms with Crippen LogP contribution in [0.25, 0.3) is 0 Å². The first-order valence-corrected chi connectivity index (χ1v) is 7.03. The number of benzene rings is 2. The Morgan fingerprint density at radius 3 is 2.00 bits per heavy atom. The highest BCUT2D eigenvalue weighted by Crippen LogP contribution is 2.23. The van der Waals surface area contributed by atoms with Crippen molar-refractivity contribution in [2.75, 3.05) is 11.9 Å². The van der Waals surface area contributed by atoms with Crippen molar-refractivity contribution in [1.82, 2.24) is 0 Å². The second-order valence-corrected chi connectivity index (χ2v) is 5.58. The Morgan fingerprint density at radius 1 is 0.900 bits per heavy atom. The fourth-order valence-electron chi connectivity index (χ4n) is 2.56. The molecule has 2 heteroatoms. The zero-order valence-corrected chi connectivity index (χ0v) is 12.7. The molecule has 2 aromatic rings. The molecule has 0 aliphatic heterocycles. The van der Waals surface area contributed by atoms with Crippen LogP contribution in [0.4, 0.5) is 5.69 Å². The number of aliphatic hydroxyl groups excluding tert-OH is 1. The molecule has 0 aliphatic rings. The van der Waals surface area contributed by atoms with Crippen molar-refractivity contribution in [1.29, 1.82) is 0 Å². The summed E-state index contributed by atoms with van der Waals surface area (Å²) in [5, 5.41) is 13.6. The molecule has 0 aliphatic carbocycles. The third kappa shape index (κ3) is 3.40. The summed E-state index contributed by atoms with van der Waals surface area (Å²) in [6.07, 6.45) is -0.490. The highest BCUT2D eigenvalue weighted by atomic mass is 16.3. The molecular weight excluding hydrogens is 246 g/mol. The topological polar surface area (TPSA) is 32.3 Å². The quantitative estimate of drug-likeness (QED) is 0.877. The number of rotatable bonds is 4. The van der Waals surface area contributed by atoms with Gasteiger partial charge in [0.1, 0.15) is 0 Å². The van der Waals surface area contributed by atoms with Crippen LogP contribution in [0.15, 0.2) is 36.4 Å². The number of nitrogens with one attached hydrogen (secondary N) is 1. The van der Waals surface area contributed by atoms with Gasteiger partial charge in [0.15, 0.2) is 0 Å². The van der Waals surface area contributed by atoms with E-state index in [1.54, 1.807) is 0 Å². The largest absolute Gasteiger partial charge is 0.387 e. The lowest BCUT2D eigenvalue weighted by Gasteiger charge is -2.17. The Bertz CT molecular complexity index is 564. The molecule has 0 aromatic heterocycles. The molecule has 0 bridgehead atoms. The Kier molecular flexibility index (Phi) is 4.46. The summed E-state index contributed by atoms with van der Waals surface area (Å²) < 4.78 is 0. The lowest BCUT2D eigenvalue weighted by Crippen LogP contribution is -2.13. The van der Waals surface area contributed by atoms with Crippen LogP contribution in [-0.4, -0.2) is 11.7 Å². The van der Waals surface area contributed by atoms with E-state index in [9.17, 15) is 5.11 Å². The molecule has 106 valence electrons. The van der Waals surface area contributed by atoms with Crippen LogP contribution in [0.2, 0.25) is 0 Å². The maximum Gasteiger partial charge on any atom is 0.0962 e. The van der Waals surface area contributed by atoms with Crippen LogP contribution in [0.5, 0.6) is 0 Å². The molecule has 0 saturated carbocycles. The van der Waals surface area contributed by atoms with Gasteiger partial charge in [-0.15, -0.1) is 0 Å². The fourth-order valence-corrected chi connectivity index (χ4v) is 2.56. The van der Waals surface area contributed by atoms with Crippen molar-refractivity contribution in [3.63, 3.8) is 0 Å². The molecule has 2 rings (SSSR count). The molecule has 0 saturated heterocycles. The van der Waals surface area contributed by atoms with E-state index in [2.05, 4.69) is 38.2 Å². The molecule has 2 aromatic carbocycles. The monoisotopic (exact) mass is 269 g/mol. The van der Waals surface area contributed by atoms with Gasteiger partial charge in [-0.1, -0.05) is 47.5 Å². The SMILES string of the molecule is Cc1ccc(C(O)CNc2c(C)cc(C)cc2C)cc1. The molecule has 0 radical (unpaired) electrons. The van der Waals surface area contributed by atoms with E-state index in [-0.39, 0.29) is 0 Å². The maximum atomic E-state index is 10.2. The lowest BCUT2D eigenvalue weighted by molar-refractivity contribution is 0.191. The Balaban J connectivity index is 2.07. The first-order valence-electron chi connectivity index (χ1n) is 7.03. The number of anilines is 1. The molecule has 1 atom stereocenters. The molecule has 0 heterocycles. The first-order chi connectivity index (χ1) is 9.47. The average molecular weight is 269 g/mol. The summed E-state index contributed by atoms with van der Waals surface area (Å²) in [6, 6.07) is 12.3. The number of hydrogen-bond acceptors (Lipinski definition) is 2. The summed E-state index contributed by atoms with van der Waals surface area (Å²) in [4.78, 5) is 0. The van der Waals surface area contributed by atoms with Crippen molar-refractivity contribution in [3.05, 3.63) is 64.2 Å². The fraction of sp³-hybridized carbons (Fsp3) is 0.333. The van der Waals surface area contributed by atoms with Gasteiger partial charge in [-0.3, -0.25) is 0 Å². The van der Waals surface area contributed by atoms with Crippen LogP contribution in [0, 0.1) is 27.7 Å². The molecule has 2 N–H and O–H groups in total. The van der Waals surface area contributed by atoms with Crippen LogP contribution >= 0.6 is 0 Å². The van der Waals surface area contributed by atoms with Gasteiger partial charge >= 0.3 is 0 Å². The van der Waals surface area contributed by atoms with Gasteiger partial charge in [0.25, 0.3) is 0 Å². The van der Waals surface area contributed by atoms with E-state index in [0.717, 1.165) is 11.3 Å². The summed E-state index contributed by atoms with van der Waals surface area (Å²) >= 11 is 0. The van der Waals surface area contributed by atoms with Crippen molar-refractivity contribution in [2.45, 2.75) is 33.8 Å². The van der Waals surface area contributed by atoms with Gasteiger partial charge in [0.05, 0.1) is 6.10 Å². The predicted molar refractivity (Wildman–Crippen MR) is 85.3 cm³/mol. The van der Waals surface area contributed by atoms with Gasteiger partial charge in [-0.2, -0.15) is 0 Å². The van der Waals surface area contributed by atoms with E-state index in [0.29, 0.717) is 6.54 Å². The zero-order valence-electron chi connectivity index (χ0n) is 12.7. The first kappa shape index (κ1) is 14.6. The van der Waals surface area contributed by atoms with Crippen LogP contribution in [0.3, 0.4) is 0 Å². The average Bonchev–Trinajstić information content (AvgIpc) is 2.38. The van der Waals surface area contributed by atoms with E-state index >= 15 is 0 Å². The second kappa shape index (κ2) is 6.10. The third-order valence-electron chi connectivity index (χ3n) is 3.61. The van der Waals surface area contributed by atoms with Gasteiger partial charge in [-0.25, -0.2) is 0 Å². The summed E-state index contributed by atoms with van der Waals surface area (Å²) in [7, 11) is 0. The molecular formula is C18H23NO. The number of hydrogen-bond donors (Lipinski definition) is 2. The number of aliphatic hydroxyl groups is 1. The van der Waals surface area contributed by atoms with Gasteiger partial charge in [-0.05, 0) is 44.4 Å². The maximum absolute atomic E-state index is 10.2. The minimum absolute atomic E-state index is 0.490. The normalized spacial score (nSPS) is 12.2. The van der Waals surface area contributed by atoms with Crippen molar-refractivity contribution in [3.8, 4) is 0 Å². The highest BCUT2D eigenvalue weighted by molar-refractivity contribution is 5.58. The van der Waals surface area contributed by atoms with Crippen molar-refractivity contribution < 1.29 is 5.11 Å². The summed E-state index contributed by atoms with van der Waals surface area (Å²) in [5.41, 5.74) is 6.99. The molecule has 2 nitrogen and oxygen atoms in total. The standard InChI is InChI=1S/C18H23NO/c1-12-5-7-16(8-6-12)17(20)11-19-18-14(3)9-13(2)10-15(18)4/h5-10,17,19-20H,11H2,1-4H3. The van der Waals surface area contributed by atoms with Crippen molar-refractivity contribution in [2.24, 2.45) is 0 Å². The lowest BCUT2D eigenvalue weighted by atomic mass is 10.0. The molecule has 20 heavy (non-hydrogen) atoms. The summed E-state index contributed by atoms with van der Waals surface area (Å²) in [6.45, 7) is 8.87. The van der Waals surface area contributed by atoms with E-state index < -0.39 is 6.10 Å². The highest BCUT2D eigenvalue weighted by Gasteiger charge is 2.09. The second-order valence-electron chi connectivity index (χ2n) is 5.58. The minimum atomic E-state index is -0.490. The zero-order chi connectivity index (χ0) is 14.7. The smallest absolute Gasteiger partial charge is 0.0962 e. The van der Waals surface area contributed by atoms with E-state index in [4.69, 9.17) is 0 Å². The molecule has 0 spiro atoms. The van der Waals surface area contributed by atoms with Gasteiger partial charge in [0, 0.05) is 12.2 Å². The van der Waals surface area contributed by atoms with Crippen LogP contribution in [0.1, 0.15) is 33.9 Å². The van der Waals surface area contributed by atoms with Crippen molar-refractivity contribution >= 4 is 5.69 Å². The predicted octanol–water partition coefficient (Wildman–Crippen LogP) is 4.07. The molecule has 1 unspecified atom stereocenters. The Labute approximate surface area is 121 Å². The summed E-state index contributed by atoms with van der Waals surface area (Å²) in [5.74, 6) is 0. The third-order valence-corrected chi connectivity index (χ3v) is 3.61. The molecule has 0 fully saturated rings. The van der Waals surface area contributed by atoms with Crippen LogP contribution < -0.4 is 5.32 Å². The van der Waals surface area contributed by atoms with E-state index in [1.165, 1.54) is 22.3 Å². The Hall–Kier alpha value is -1.80. The number of aryl methyl sites for hydroxylation is 4. The minimum Gasteiger partial charge on any atom is -0.387 e.